The van der Waals surface area contributed by atoms with E-state index in [4.69, 9.17) is 0 Å². The van der Waals surface area contributed by atoms with Crippen LogP contribution in [0, 0.1) is 11.7 Å². The van der Waals surface area contributed by atoms with Crippen LogP contribution in [0.15, 0.2) is 6.20 Å². The molecule has 0 aromatic carbocycles. The first-order valence-electron chi connectivity index (χ1n) is 6.45. The van der Waals surface area contributed by atoms with Gasteiger partial charge in [-0.25, -0.2) is 9.37 Å². The summed E-state index contributed by atoms with van der Waals surface area (Å²) in [6.07, 6.45) is 3.61. The zero-order valence-electron chi connectivity index (χ0n) is 10.5. The number of aromatic nitrogens is 2. The summed E-state index contributed by atoms with van der Waals surface area (Å²) >= 11 is 0. The zero-order chi connectivity index (χ0) is 12.5. The molecule has 0 amide bonds. The second-order valence-corrected chi connectivity index (χ2v) is 5.03. The van der Waals surface area contributed by atoms with Gasteiger partial charge in [0.2, 0.25) is 5.95 Å². The average molecular weight is 251 g/mol. The molecule has 3 fully saturated rings. The molecule has 5 nitrogen and oxygen atoms in total. The minimum Gasteiger partial charge on any atom is -0.363 e. The molecule has 0 radical (unpaired) electrons. The second-order valence-electron chi connectivity index (χ2n) is 5.03. The summed E-state index contributed by atoms with van der Waals surface area (Å²) in [7, 11) is 1.73. The Morgan fingerprint density at radius 2 is 2.17 bits per heavy atom. The molecule has 4 rings (SSSR count). The third-order valence-corrected chi connectivity index (χ3v) is 3.95. The van der Waals surface area contributed by atoms with Gasteiger partial charge in [0.25, 0.3) is 0 Å². The average Bonchev–Trinajstić information content (AvgIpc) is 2.43. The van der Waals surface area contributed by atoms with Gasteiger partial charge in [-0.05, 0) is 31.8 Å². The summed E-state index contributed by atoms with van der Waals surface area (Å²) in [5, 5.41) is 6.07. The smallest absolute Gasteiger partial charge is 0.224 e. The maximum Gasteiger partial charge on any atom is 0.224 e. The quantitative estimate of drug-likeness (QED) is 0.844. The van der Waals surface area contributed by atoms with E-state index in [1.165, 1.54) is 32.1 Å². The molecule has 3 aliphatic heterocycles. The van der Waals surface area contributed by atoms with Crippen molar-refractivity contribution in [1.29, 1.82) is 0 Å². The molecule has 1 unspecified atom stereocenters. The fraction of sp³-hybridized carbons (Fsp3) is 0.667. The molecule has 3 saturated heterocycles. The third-order valence-electron chi connectivity index (χ3n) is 3.95. The van der Waals surface area contributed by atoms with E-state index in [1.807, 2.05) is 0 Å². The first-order valence-corrected chi connectivity index (χ1v) is 6.45. The molecule has 0 saturated carbocycles. The van der Waals surface area contributed by atoms with Gasteiger partial charge in [0.15, 0.2) is 11.6 Å². The number of nitrogens with one attached hydrogen (secondary N) is 2. The van der Waals surface area contributed by atoms with Crippen LogP contribution < -0.4 is 10.6 Å². The predicted molar refractivity (Wildman–Crippen MR) is 68.1 cm³/mol. The second kappa shape index (κ2) is 4.68. The molecule has 98 valence electrons. The molecule has 18 heavy (non-hydrogen) atoms. The molecule has 6 heteroatoms. The Balaban J connectivity index is 1.76. The number of anilines is 2. The van der Waals surface area contributed by atoms with Crippen molar-refractivity contribution in [3.63, 3.8) is 0 Å². The Kier molecular flexibility index (Phi) is 3.03. The van der Waals surface area contributed by atoms with E-state index in [2.05, 4.69) is 25.5 Å². The Hall–Kier alpha value is -1.43. The Labute approximate surface area is 106 Å². The SMILES string of the molecule is CNc1ncc(F)c(NC2CN3CCC2CC3)n1. The van der Waals surface area contributed by atoms with Crippen LogP contribution in [0.4, 0.5) is 16.2 Å². The minimum absolute atomic E-state index is 0.307. The van der Waals surface area contributed by atoms with Gasteiger partial charge in [0.1, 0.15) is 0 Å². The first kappa shape index (κ1) is 11.6. The fourth-order valence-electron chi connectivity index (χ4n) is 2.89. The highest BCUT2D eigenvalue weighted by molar-refractivity contribution is 5.42. The lowest BCUT2D eigenvalue weighted by Gasteiger charge is -2.45. The van der Waals surface area contributed by atoms with Crippen LogP contribution in [0.5, 0.6) is 0 Å². The van der Waals surface area contributed by atoms with Crippen LogP contribution in [0.3, 0.4) is 0 Å². The molecule has 3 aliphatic rings. The monoisotopic (exact) mass is 251 g/mol. The lowest BCUT2D eigenvalue weighted by atomic mass is 9.84. The summed E-state index contributed by atoms with van der Waals surface area (Å²) in [4.78, 5) is 10.4. The maximum atomic E-state index is 13.7. The number of halogens is 1. The largest absolute Gasteiger partial charge is 0.363 e. The number of fused-ring (bicyclic) bond motifs is 3. The van der Waals surface area contributed by atoms with Crippen LogP contribution >= 0.6 is 0 Å². The van der Waals surface area contributed by atoms with Crippen molar-refractivity contribution in [2.75, 3.05) is 37.3 Å². The van der Waals surface area contributed by atoms with Crippen molar-refractivity contribution in [3.8, 4) is 0 Å². The van der Waals surface area contributed by atoms with Crippen LogP contribution in [0.1, 0.15) is 12.8 Å². The van der Waals surface area contributed by atoms with Gasteiger partial charge >= 0.3 is 0 Å². The van der Waals surface area contributed by atoms with Gasteiger partial charge in [0, 0.05) is 19.6 Å². The molecule has 2 bridgehead atoms. The summed E-state index contributed by atoms with van der Waals surface area (Å²) in [5.41, 5.74) is 0. The van der Waals surface area contributed by atoms with Crippen molar-refractivity contribution in [2.24, 2.45) is 5.92 Å². The lowest BCUT2D eigenvalue weighted by molar-refractivity contribution is 0.0972. The van der Waals surface area contributed by atoms with E-state index in [9.17, 15) is 4.39 Å². The van der Waals surface area contributed by atoms with Crippen molar-refractivity contribution in [1.82, 2.24) is 14.9 Å². The van der Waals surface area contributed by atoms with Crippen molar-refractivity contribution < 1.29 is 4.39 Å². The maximum absolute atomic E-state index is 13.7. The number of nitrogens with zero attached hydrogens (tertiary/aromatic N) is 3. The van der Waals surface area contributed by atoms with Crippen molar-refractivity contribution in [2.45, 2.75) is 18.9 Å². The molecule has 1 aromatic heterocycles. The van der Waals surface area contributed by atoms with Gasteiger partial charge < -0.3 is 15.5 Å². The zero-order valence-corrected chi connectivity index (χ0v) is 10.5. The highest BCUT2D eigenvalue weighted by Gasteiger charge is 2.34. The molecular formula is C12H18FN5. The Morgan fingerprint density at radius 1 is 1.39 bits per heavy atom. The molecule has 0 aliphatic carbocycles. The summed E-state index contributed by atoms with van der Waals surface area (Å²) in [6, 6.07) is 0.307. The first-order chi connectivity index (χ1) is 8.76. The van der Waals surface area contributed by atoms with Crippen LogP contribution in [-0.4, -0.2) is 47.6 Å². The highest BCUT2D eigenvalue weighted by Crippen LogP contribution is 2.29. The van der Waals surface area contributed by atoms with E-state index in [-0.39, 0.29) is 5.82 Å². The normalized spacial score (nSPS) is 30.2. The Morgan fingerprint density at radius 3 is 2.78 bits per heavy atom. The Bertz CT molecular complexity index is 430. The number of hydrogen-bond donors (Lipinski definition) is 2. The van der Waals surface area contributed by atoms with E-state index in [0.717, 1.165) is 6.54 Å². The number of rotatable bonds is 3. The summed E-state index contributed by atoms with van der Waals surface area (Å²) in [5.74, 6) is 1.01. The van der Waals surface area contributed by atoms with E-state index in [0.29, 0.717) is 23.7 Å². The highest BCUT2D eigenvalue weighted by atomic mass is 19.1. The summed E-state index contributed by atoms with van der Waals surface area (Å²) < 4.78 is 13.7. The molecule has 2 N–H and O–H groups in total. The van der Waals surface area contributed by atoms with E-state index < -0.39 is 0 Å². The third kappa shape index (κ3) is 2.12. The van der Waals surface area contributed by atoms with E-state index >= 15 is 0 Å². The van der Waals surface area contributed by atoms with Gasteiger partial charge in [-0.15, -0.1) is 0 Å². The van der Waals surface area contributed by atoms with Crippen LogP contribution in [-0.2, 0) is 0 Å². The fourth-order valence-corrected chi connectivity index (χ4v) is 2.89. The van der Waals surface area contributed by atoms with E-state index in [1.54, 1.807) is 7.05 Å². The van der Waals surface area contributed by atoms with Gasteiger partial charge in [-0.2, -0.15) is 4.98 Å². The van der Waals surface area contributed by atoms with Gasteiger partial charge in [-0.1, -0.05) is 0 Å². The molecule has 1 aromatic rings. The van der Waals surface area contributed by atoms with Crippen molar-refractivity contribution >= 4 is 11.8 Å². The van der Waals surface area contributed by atoms with Crippen LogP contribution in [0.2, 0.25) is 0 Å². The molecule has 1 atom stereocenters. The van der Waals surface area contributed by atoms with Gasteiger partial charge in [0.05, 0.1) is 6.20 Å². The van der Waals surface area contributed by atoms with Crippen LogP contribution in [0.25, 0.3) is 0 Å². The molecule has 4 heterocycles. The van der Waals surface area contributed by atoms with Crippen molar-refractivity contribution in [3.05, 3.63) is 12.0 Å². The molecular weight excluding hydrogens is 233 g/mol. The number of piperidine rings is 3. The predicted octanol–water partition coefficient (Wildman–Crippen LogP) is 1.16. The summed E-state index contributed by atoms with van der Waals surface area (Å²) in [6.45, 7) is 3.34. The van der Waals surface area contributed by atoms with Gasteiger partial charge in [-0.3, -0.25) is 0 Å². The lowest BCUT2D eigenvalue weighted by Crippen LogP contribution is -2.53. The standard InChI is InChI=1S/C12H18FN5/c1-14-12-15-6-9(13)11(17-12)16-10-7-18-4-2-8(10)3-5-18/h6,8,10H,2-5,7H2,1H3,(H2,14,15,16,17). The number of hydrogen-bond acceptors (Lipinski definition) is 5. The molecule has 0 spiro atoms. The topological polar surface area (TPSA) is 53.1 Å². The minimum atomic E-state index is -0.384.